The zero-order valence-corrected chi connectivity index (χ0v) is 14.2. The predicted octanol–water partition coefficient (Wildman–Crippen LogP) is 0.990. The first kappa shape index (κ1) is 16.5. The van der Waals surface area contributed by atoms with E-state index in [0.29, 0.717) is 25.6 Å². The number of nitrogens with one attached hydrogen (secondary N) is 1. The van der Waals surface area contributed by atoms with E-state index in [1.165, 1.54) is 0 Å². The summed E-state index contributed by atoms with van der Waals surface area (Å²) in [6, 6.07) is 0.118. The topological polar surface area (TPSA) is 52.7 Å². The Morgan fingerprint density at radius 1 is 1.35 bits per heavy atom. The van der Waals surface area contributed by atoms with Gasteiger partial charge in [0.25, 0.3) is 10.2 Å². The van der Waals surface area contributed by atoms with Crippen molar-refractivity contribution in [1.29, 1.82) is 0 Å². The lowest BCUT2D eigenvalue weighted by molar-refractivity contribution is 0.236. The van der Waals surface area contributed by atoms with Gasteiger partial charge in [0.1, 0.15) is 0 Å². The van der Waals surface area contributed by atoms with Crippen molar-refractivity contribution in [3.63, 3.8) is 0 Å². The molecule has 2 unspecified atom stereocenters. The Kier molecular flexibility index (Phi) is 6.16. The second kappa shape index (κ2) is 7.45. The van der Waals surface area contributed by atoms with E-state index >= 15 is 0 Å². The van der Waals surface area contributed by atoms with E-state index in [1.54, 1.807) is 8.61 Å². The minimum absolute atomic E-state index is 0.118. The first-order valence-corrected chi connectivity index (χ1v) is 10.2. The van der Waals surface area contributed by atoms with Crippen molar-refractivity contribution in [3.8, 4) is 0 Å². The highest BCUT2D eigenvalue weighted by Gasteiger charge is 2.36. The molecule has 0 saturated carbocycles. The normalized spacial score (nSPS) is 30.5. The Bertz CT molecular complexity index is 402. The molecule has 2 atom stereocenters. The molecule has 0 aromatic carbocycles. The van der Waals surface area contributed by atoms with Crippen molar-refractivity contribution >= 4 is 22.0 Å². The molecule has 118 valence electrons. The predicted molar refractivity (Wildman–Crippen MR) is 85.3 cm³/mol. The maximum atomic E-state index is 12.8. The highest BCUT2D eigenvalue weighted by molar-refractivity contribution is 7.99. The lowest BCUT2D eigenvalue weighted by atomic mass is 10.00. The van der Waals surface area contributed by atoms with Crippen LogP contribution in [0.5, 0.6) is 0 Å². The van der Waals surface area contributed by atoms with Crippen LogP contribution in [0.1, 0.15) is 26.7 Å². The zero-order chi connectivity index (χ0) is 14.6. The van der Waals surface area contributed by atoms with Crippen LogP contribution in [0.15, 0.2) is 0 Å². The molecule has 2 heterocycles. The fourth-order valence-corrected chi connectivity index (χ4v) is 6.08. The van der Waals surface area contributed by atoms with Gasteiger partial charge in [-0.05, 0) is 38.8 Å². The van der Waals surface area contributed by atoms with Crippen molar-refractivity contribution in [2.24, 2.45) is 5.92 Å². The summed E-state index contributed by atoms with van der Waals surface area (Å²) in [6.07, 6.45) is 2.11. The van der Waals surface area contributed by atoms with Crippen molar-refractivity contribution in [1.82, 2.24) is 13.9 Å². The molecule has 0 radical (unpaired) electrons. The minimum atomic E-state index is -3.27. The zero-order valence-electron chi connectivity index (χ0n) is 12.5. The number of nitrogens with zero attached hydrogens (tertiary/aromatic N) is 2. The first-order chi connectivity index (χ1) is 9.55. The van der Waals surface area contributed by atoms with Crippen LogP contribution in [-0.4, -0.2) is 67.3 Å². The van der Waals surface area contributed by atoms with Gasteiger partial charge in [-0.3, -0.25) is 0 Å². The van der Waals surface area contributed by atoms with E-state index in [9.17, 15) is 8.42 Å². The second-order valence-corrected chi connectivity index (χ2v) is 8.75. The van der Waals surface area contributed by atoms with Gasteiger partial charge in [-0.2, -0.15) is 28.8 Å². The summed E-state index contributed by atoms with van der Waals surface area (Å²) in [5, 5.41) is 3.34. The summed E-state index contributed by atoms with van der Waals surface area (Å²) >= 11 is 1.85. The van der Waals surface area contributed by atoms with Crippen molar-refractivity contribution < 1.29 is 8.42 Å². The minimum Gasteiger partial charge on any atom is -0.317 e. The average Bonchev–Trinajstić information content (AvgIpc) is 2.45. The largest absolute Gasteiger partial charge is 0.317 e. The number of piperidine rings is 1. The van der Waals surface area contributed by atoms with E-state index < -0.39 is 10.2 Å². The van der Waals surface area contributed by atoms with Gasteiger partial charge in [-0.15, -0.1) is 0 Å². The van der Waals surface area contributed by atoms with Crippen LogP contribution in [-0.2, 0) is 10.2 Å². The smallest absolute Gasteiger partial charge is 0.282 e. The molecule has 2 rings (SSSR count). The third-order valence-electron chi connectivity index (χ3n) is 4.09. The molecular formula is C13H27N3O2S2. The molecule has 0 aromatic heterocycles. The van der Waals surface area contributed by atoms with Gasteiger partial charge in [0, 0.05) is 37.2 Å². The van der Waals surface area contributed by atoms with Crippen LogP contribution in [0.4, 0.5) is 0 Å². The van der Waals surface area contributed by atoms with Crippen LogP contribution >= 0.6 is 11.8 Å². The van der Waals surface area contributed by atoms with Gasteiger partial charge >= 0.3 is 0 Å². The fraction of sp³-hybridized carbons (Fsp3) is 1.00. The molecule has 0 amide bonds. The number of rotatable bonds is 5. The first-order valence-electron chi connectivity index (χ1n) is 7.61. The van der Waals surface area contributed by atoms with E-state index in [2.05, 4.69) is 12.2 Å². The lowest BCUT2D eigenvalue weighted by Crippen LogP contribution is -2.54. The Morgan fingerprint density at radius 2 is 2.15 bits per heavy atom. The molecule has 2 fully saturated rings. The molecular weight excluding hydrogens is 294 g/mol. The molecule has 2 aliphatic rings. The molecule has 7 heteroatoms. The van der Waals surface area contributed by atoms with Crippen LogP contribution in [0.2, 0.25) is 0 Å². The molecule has 0 aromatic rings. The number of thioether (sulfide) groups is 1. The van der Waals surface area contributed by atoms with Crippen LogP contribution < -0.4 is 5.32 Å². The monoisotopic (exact) mass is 321 g/mol. The Balaban J connectivity index is 2.00. The highest BCUT2D eigenvalue weighted by Crippen LogP contribution is 2.25. The SMILES string of the molecule is CCNCC1CCCN(S(=O)(=O)N2CCSCC2C)C1. The van der Waals surface area contributed by atoms with Crippen molar-refractivity contribution in [3.05, 3.63) is 0 Å². The molecule has 2 saturated heterocycles. The third kappa shape index (κ3) is 3.88. The molecule has 0 bridgehead atoms. The van der Waals surface area contributed by atoms with Gasteiger partial charge in [-0.1, -0.05) is 6.92 Å². The van der Waals surface area contributed by atoms with E-state index in [-0.39, 0.29) is 6.04 Å². The number of hydrogen-bond donors (Lipinski definition) is 1. The maximum Gasteiger partial charge on any atom is 0.282 e. The summed E-state index contributed by atoms with van der Waals surface area (Å²) in [6.45, 7) is 7.99. The quantitative estimate of drug-likeness (QED) is 0.820. The van der Waals surface area contributed by atoms with Crippen molar-refractivity contribution in [2.75, 3.05) is 44.2 Å². The van der Waals surface area contributed by atoms with Gasteiger partial charge < -0.3 is 5.32 Å². The Labute approximate surface area is 127 Å². The summed E-state index contributed by atoms with van der Waals surface area (Å²) in [4.78, 5) is 0. The molecule has 20 heavy (non-hydrogen) atoms. The van der Waals surface area contributed by atoms with Gasteiger partial charge in [0.05, 0.1) is 0 Å². The van der Waals surface area contributed by atoms with Crippen LogP contribution in [0, 0.1) is 5.92 Å². The molecule has 0 spiro atoms. The van der Waals surface area contributed by atoms with Gasteiger partial charge in [0.15, 0.2) is 0 Å². The molecule has 0 aliphatic carbocycles. The maximum absolute atomic E-state index is 12.8. The van der Waals surface area contributed by atoms with Gasteiger partial charge in [-0.25, -0.2) is 0 Å². The van der Waals surface area contributed by atoms with Gasteiger partial charge in [0.2, 0.25) is 0 Å². The lowest BCUT2D eigenvalue weighted by Gasteiger charge is -2.39. The molecule has 2 aliphatic heterocycles. The molecule has 5 nitrogen and oxygen atoms in total. The van der Waals surface area contributed by atoms with E-state index in [1.807, 2.05) is 18.7 Å². The second-order valence-electron chi connectivity index (χ2n) is 5.72. The van der Waals surface area contributed by atoms with Crippen LogP contribution in [0.25, 0.3) is 0 Å². The van der Waals surface area contributed by atoms with E-state index in [4.69, 9.17) is 0 Å². The van der Waals surface area contributed by atoms with E-state index in [0.717, 1.165) is 37.4 Å². The number of hydrogen-bond acceptors (Lipinski definition) is 4. The Morgan fingerprint density at radius 3 is 2.85 bits per heavy atom. The van der Waals surface area contributed by atoms with Crippen molar-refractivity contribution in [2.45, 2.75) is 32.7 Å². The average molecular weight is 322 g/mol. The molecule has 1 N–H and O–H groups in total. The summed E-state index contributed by atoms with van der Waals surface area (Å²) in [7, 11) is -3.27. The standard InChI is InChI=1S/C13H27N3O2S2/c1-3-14-9-13-5-4-6-15(10-13)20(17,18)16-7-8-19-11-12(16)2/h12-14H,3-11H2,1-2H3. The summed E-state index contributed by atoms with van der Waals surface area (Å²) in [5.74, 6) is 2.28. The summed E-state index contributed by atoms with van der Waals surface area (Å²) < 4.78 is 29.0. The fourth-order valence-electron chi connectivity index (χ4n) is 2.95. The van der Waals surface area contributed by atoms with Crippen LogP contribution in [0.3, 0.4) is 0 Å². The highest BCUT2D eigenvalue weighted by atomic mass is 32.2. The summed E-state index contributed by atoms with van der Waals surface area (Å²) in [5.41, 5.74) is 0. The Hall–Kier alpha value is 0.180. The third-order valence-corrected chi connectivity index (χ3v) is 7.40.